The monoisotopic (exact) mass is 447 g/mol. The number of anilines is 1. The van der Waals surface area contributed by atoms with Crippen molar-refractivity contribution < 1.29 is 24.8 Å². The maximum atomic E-state index is 10.4. The van der Waals surface area contributed by atoms with Gasteiger partial charge in [-0.15, -0.1) is 0 Å². The maximum Gasteiger partial charge on any atom is 0.191 e. The minimum Gasteiger partial charge on any atom is -0.497 e. The lowest BCUT2D eigenvalue weighted by Gasteiger charge is -2.17. The number of fused-ring (bicyclic) bond motifs is 1. The summed E-state index contributed by atoms with van der Waals surface area (Å²) in [5.74, 6) is 1.38. The van der Waals surface area contributed by atoms with Crippen molar-refractivity contribution in [3.05, 3.63) is 36.2 Å². The van der Waals surface area contributed by atoms with Gasteiger partial charge in [0, 0.05) is 6.54 Å². The number of methoxy groups -OCH3 is 1. The molecule has 0 unspecified atom stereocenters. The molecule has 0 spiro atoms. The number of rotatable bonds is 8. The second-order valence-electron chi connectivity index (χ2n) is 7.14. The Morgan fingerprint density at radius 2 is 2.10 bits per heavy atom. The predicted octanol–water partition coefficient (Wildman–Crippen LogP) is 0.823. The zero-order chi connectivity index (χ0) is 22.0. The number of thioether (sulfide) groups is 1. The molecule has 4 N–H and O–H groups in total. The first-order valence-corrected chi connectivity index (χ1v) is 11.1. The van der Waals surface area contributed by atoms with Crippen molar-refractivity contribution in [2.75, 3.05) is 31.8 Å². The molecule has 1 saturated heterocycles. The summed E-state index contributed by atoms with van der Waals surface area (Å²) in [5, 5.41) is 33.7. The van der Waals surface area contributed by atoms with Crippen molar-refractivity contribution in [2.45, 2.75) is 36.1 Å². The summed E-state index contributed by atoms with van der Waals surface area (Å²) in [7, 11) is 1.64. The van der Waals surface area contributed by atoms with E-state index in [1.165, 1.54) is 18.1 Å². The van der Waals surface area contributed by atoms with Crippen LogP contribution in [0, 0.1) is 0 Å². The van der Waals surface area contributed by atoms with Crippen molar-refractivity contribution in [3.8, 4) is 5.75 Å². The molecular weight excluding hydrogens is 422 g/mol. The van der Waals surface area contributed by atoms with Crippen LogP contribution in [0.15, 0.2) is 35.7 Å². The lowest BCUT2D eigenvalue weighted by molar-refractivity contribution is -0.0511. The van der Waals surface area contributed by atoms with E-state index in [-0.39, 0.29) is 0 Å². The van der Waals surface area contributed by atoms with E-state index in [1.807, 2.05) is 30.5 Å². The van der Waals surface area contributed by atoms with Gasteiger partial charge in [-0.1, -0.05) is 23.9 Å². The highest BCUT2D eigenvalue weighted by Gasteiger charge is 2.44. The molecule has 1 aromatic carbocycles. The Morgan fingerprint density at radius 3 is 2.81 bits per heavy atom. The Bertz CT molecular complexity index is 1050. The molecule has 166 valence electrons. The zero-order valence-electron chi connectivity index (χ0n) is 17.2. The summed E-state index contributed by atoms with van der Waals surface area (Å²) in [6, 6.07) is 7.87. The zero-order valence-corrected chi connectivity index (χ0v) is 18.0. The third-order valence-electron chi connectivity index (χ3n) is 5.22. The fourth-order valence-corrected chi connectivity index (χ4v) is 3.92. The van der Waals surface area contributed by atoms with Crippen LogP contribution >= 0.6 is 11.8 Å². The quantitative estimate of drug-likeness (QED) is 0.290. The third kappa shape index (κ3) is 4.32. The van der Waals surface area contributed by atoms with Gasteiger partial charge < -0.3 is 30.1 Å². The fourth-order valence-electron chi connectivity index (χ4n) is 3.56. The smallest absolute Gasteiger partial charge is 0.191 e. The molecule has 0 saturated carbocycles. The average Bonchev–Trinajstić information content (AvgIpc) is 3.34. The Labute approximate surface area is 183 Å². The molecule has 0 bridgehead atoms. The van der Waals surface area contributed by atoms with Gasteiger partial charge in [0.15, 0.2) is 28.4 Å². The Hall–Kier alpha value is -2.44. The van der Waals surface area contributed by atoms with Crippen LogP contribution in [0.25, 0.3) is 11.2 Å². The number of aliphatic hydroxyl groups excluding tert-OH is 3. The number of hydrogen-bond acceptors (Lipinski definition) is 10. The molecule has 0 aliphatic carbocycles. The van der Waals surface area contributed by atoms with Crippen LogP contribution in [-0.4, -0.2) is 79.7 Å². The van der Waals surface area contributed by atoms with Crippen LogP contribution in [0.1, 0.15) is 11.8 Å². The SMILES string of the molecule is COc1cccc(CCNc2nc(SC)nc3c2ncn3[C@@H]2O[C@H](CO)[C@@H](O)[C@H]2O)c1. The third-order valence-corrected chi connectivity index (χ3v) is 5.76. The van der Waals surface area contributed by atoms with Crippen molar-refractivity contribution >= 4 is 28.7 Å². The van der Waals surface area contributed by atoms with Gasteiger partial charge in [-0.3, -0.25) is 4.57 Å². The summed E-state index contributed by atoms with van der Waals surface area (Å²) in [6.07, 6.45) is -0.0780. The first-order valence-electron chi connectivity index (χ1n) is 9.83. The van der Waals surface area contributed by atoms with Gasteiger partial charge in [0.25, 0.3) is 0 Å². The molecule has 1 aliphatic heterocycles. The summed E-state index contributed by atoms with van der Waals surface area (Å²) >= 11 is 1.38. The standard InChI is InChI=1S/C20H25N5O5S/c1-29-12-5-3-4-11(8-12)6-7-21-17-14-18(24-20(23-17)31-2)25(10-22-14)19-16(28)15(27)13(9-26)30-19/h3-5,8,10,13,15-16,19,26-28H,6-7,9H2,1-2H3,(H,21,23,24)/t13-,15-,16-,19-/m1/s1. The Morgan fingerprint density at radius 1 is 1.26 bits per heavy atom. The fraction of sp³-hybridized carbons (Fsp3) is 0.450. The highest BCUT2D eigenvalue weighted by Crippen LogP contribution is 2.33. The molecule has 11 heteroatoms. The van der Waals surface area contributed by atoms with Gasteiger partial charge in [-0.2, -0.15) is 0 Å². The molecule has 0 amide bonds. The molecule has 1 fully saturated rings. The van der Waals surface area contributed by atoms with Crippen LogP contribution in [-0.2, 0) is 11.2 Å². The topological polar surface area (TPSA) is 135 Å². The molecule has 31 heavy (non-hydrogen) atoms. The number of hydrogen-bond donors (Lipinski definition) is 4. The van der Waals surface area contributed by atoms with E-state index < -0.39 is 31.1 Å². The number of nitrogens with zero attached hydrogens (tertiary/aromatic N) is 4. The summed E-state index contributed by atoms with van der Waals surface area (Å²) in [5.41, 5.74) is 2.12. The van der Waals surface area contributed by atoms with Crippen molar-refractivity contribution in [1.29, 1.82) is 0 Å². The van der Waals surface area contributed by atoms with Gasteiger partial charge >= 0.3 is 0 Å². The largest absolute Gasteiger partial charge is 0.497 e. The molecule has 3 aromatic rings. The van der Waals surface area contributed by atoms with E-state index >= 15 is 0 Å². The van der Waals surface area contributed by atoms with E-state index in [1.54, 1.807) is 11.7 Å². The van der Waals surface area contributed by atoms with E-state index in [9.17, 15) is 15.3 Å². The van der Waals surface area contributed by atoms with Crippen LogP contribution in [0.4, 0.5) is 5.82 Å². The second kappa shape index (κ2) is 9.37. The normalized spacial score (nSPS) is 23.4. The number of ether oxygens (including phenoxy) is 2. The van der Waals surface area contributed by atoms with E-state index in [4.69, 9.17) is 9.47 Å². The van der Waals surface area contributed by atoms with E-state index in [2.05, 4.69) is 20.3 Å². The molecular formula is C20H25N5O5S. The maximum absolute atomic E-state index is 10.4. The van der Waals surface area contributed by atoms with Crippen LogP contribution in [0.5, 0.6) is 5.75 Å². The van der Waals surface area contributed by atoms with Gasteiger partial charge in [0.2, 0.25) is 0 Å². The van der Waals surface area contributed by atoms with Gasteiger partial charge in [-0.25, -0.2) is 15.0 Å². The number of aromatic nitrogens is 4. The summed E-state index contributed by atoms with van der Waals surface area (Å²) in [4.78, 5) is 13.5. The average molecular weight is 448 g/mol. The highest BCUT2D eigenvalue weighted by molar-refractivity contribution is 7.98. The first kappa shape index (κ1) is 21.8. The number of aliphatic hydroxyl groups is 3. The summed E-state index contributed by atoms with van der Waals surface area (Å²) < 4.78 is 12.5. The van der Waals surface area contributed by atoms with Gasteiger partial charge in [0.1, 0.15) is 24.1 Å². The Kier molecular flexibility index (Phi) is 6.58. The summed E-state index contributed by atoms with van der Waals surface area (Å²) in [6.45, 7) is 0.220. The minimum absolute atomic E-state index is 0.399. The highest BCUT2D eigenvalue weighted by atomic mass is 32.2. The molecule has 10 nitrogen and oxygen atoms in total. The molecule has 4 atom stereocenters. The molecule has 0 radical (unpaired) electrons. The Balaban J connectivity index is 1.58. The number of benzene rings is 1. The van der Waals surface area contributed by atoms with Crippen LogP contribution in [0.2, 0.25) is 0 Å². The van der Waals surface area contributed by atoms with Crippen molar-refractivity contribution in [1.82, 2.24) is 19.5 Å². The van der Waals surface area contributed by atoms with Crippen LogP contribution in [0.3, 0.4) is 0 Å². The van der Waals surface area contributed by atoms with Crippen LogP contribution < -0.4 is 10.1 Å². The number of imidazole rings is 1. The molecule has 2 aromatic heterocycles. The second-order valence-corrected chi connectivity index (χ2v) is 7.91. The predicted molar refractivity (Wildman–Crippen MR) is 115 cm³/mol. The molecule has 1 aliphatic rings. The van der Waals surface area contributed by atoms with Crippen molar-refractivity contribution in [2.24, 2.45) is 0 Å². The lowest BCUT2D eigenvalue weighted by atomic mass is 10.1. The first-order chi connectivity index (χ1) is 15.0. The van der Waals surface area contributed by atoms with Gasteiger partial charge in [-0.05, 0) is 30.4 Å². The van der Waals surface area contributed by atoms with E-state index in [0.29, 0.717) is 28.7 Å². The van der Waals surface area contributed by atoms with Crippen molar-refractivity contribution in [3.63, 3.8) is 0 Å². The molecule has 4 rings (SSSR count). The van der Waals surface area contributed by atoms with E-state index in [0.717, 1.165) is 17.7 Å². The lowest BCUT2D eigenvalue weighted by Crippen LogP contribution is -2.33. The molecule has 3 heterocycles. The van der Waals surface area contributed by atoms with Gasteiger partial charge in [0.05, 0.1) is 20.0 Å². The minimum atomic E-state index is -1.22. The number of nitrogens with one attached hydrogen (secondary N) is 1.